The van der Waals surface area contributed by atoms with E-state index in [9.17, 15) is 14.4 Å². The van der Waals surface area contributed by atoms with Crippen LogP contribution >= 0.6 is 11.3 Å². The number of rotatable bonds is 4. The molecular weight excluding hydrogens is 398 g/mol. The monoisotopic (exact) mass is 415 g/mol. The van der Waals surface area contributed by atoms with E-state index >= 15 is 0 Å². The van der Waals surface area contributed by atoms with Gasteiger partial charge in [-0.1, -0.05) is 41.7 Å². The molecular formula is C19H17N3O6S. The second-order valence-electron chi connectivity index (χ2n) is 5.59. The zero-order valence-corrected chi connectivity index (χ0v) is 16.3. The summed E-state index contributed by atoms with van der Waals surface area (Å²) >= 11 is 1.16. The van der Waals surface area contributed by atoms with E-state index in [-0.39, 0.29) is 16.7 Å². The number of nitrogens with zero attached hydrogens (tertiary/aromatic N) is 2. The van der Waals surface area contributed by atoms with E-state index in [1.54, 1.807) is 37.3 Å². The van der Waals surface area contributed by atoms with Crippen LogP contribution < -0.4 is 5.73 Å². The maximum absolute atomic E-state index is 11.2. The van der Waals surface area contributed by atoms with E-state index in [0.717, 1.165) is 11.3 Å². The van der Waals surface area contributed by atoms with Crippen LogP contribution in [0.1, 0.15) is 36.6 Å². The predicted octanol–water partition coefficient (Wildman–Crippen LogP) is 2.97. The van der Waals surface area contributed by atoms with Gasteiger partial charge in [0, 0.05) is 5.56 Å². The number of benzene rings is 2. The molecule has 1 heterocycles. The van der Waals surface area contributed by atoms with Crippen LogP contribution in [-0.2, 0) is 4.74 Å². The lowest BCUT2D eigenvalue weighted by Gasteiger charge is -2.06. The number of esters is 1. The molecule has 0 radical (unpaired) electrons. The Labute approximate surface area is 169 Å². The molecule has 0 bridgehead atoms. The average molecular weight is 415 g/mol. The van der Waals surface area contributed by atoms with E-state index in [4.69, 9.17) is 15.9 Å². The number of carboxylic acids is 2. The lowest BCUT2D eigenvalue weighted by Crippen LogP contribution is -2.11. The number of carbonyl (C=O) groups excluding carboxylic acids is 1. The molecule has 0 unspecified atom stereocenters. The molecule has 0 aliphatic carbocycles. The van der Waals surface area contributed by atoms with Crippen LogP contribution in [0.3, 0.4) is 0 Å². The van der Waals surface area contributed by atoms with Crippen molar-refractivity contribution >= 4 is 34.4 Å². The third-order valence-corrected chi connectivity index (χ3v) is 4.51. The van der Waals surface area contributed by atoms with Gasteiger partial charge in [0.1, 0.15) is 5.01 Å². The van der Waals surface area contributed by atoms with Crippen LogP contribution in [0.25, 0.3) is 10.6 Å². The predicted molar refractivity (Wildman–Crippen MR) is 106 cm³/mol. The zero-order chi connectivity index (χ0) is 21.6. The number of methoxy groups -OCH3 is 1. The fourth-order valence-electron chi connectivity index (χ4n) is 2.43. The van der Waals surface area contributed by atoms with Crippen molar-refractivity contribution in [3.05, 3.63) is 64.7 Å². The van der Waals surface area contributed by atoms with E-state index in [0.29, 0.717) is 21.3 Å². The second kappa shape index (κ2) is 9.42. The van der Waals surface area contributed by atoms with Crippen molar-refractivity contribution in [3.63, 3.8) is 0 Å². The van der Waals surface area contributed by atoms with Gasteiger partial charge in [0.15, 0.2) is 0 Å². The number of ether oxygens (including phenoxy) is 1. The van der Waals surface area contributed by atoms with E-state index in [2.05, 4.69) is 14.9 Å². The molecule has 29 heavy (non-hydrogen) atoms. The smallest absolute Gasteiger partial charge is 0.338 e. The van der Waals surface area contributed by atoms with Crippen molar-refractivity contribution < 1.29 is 29.3 Å². The minimum absolute atomic E-state index is 0.000602. The summed E-state index contributed by atoms with van der Waals surface area (Å²) in [6, 6.07) is 11.3. The van der Waals surface area contributed by atoms with Gasteiger partial charge in [-0.25, -0.2) is 14.4 Å². The van der Waals surface area contributed by atoms with Gasteiger partial charge in [-0.2, -0.15) is 0 Å². The average Bonchev–Trinajstić information content (AvgIpc) is 3.13. The molecule has 1 aromatic heterocycles. The normalized spacial score (nSPS) is 9.86. The minimum Gasteiger partial charge on any atom is -0.478 e. The number of anilines is 1. The first-order valence-electron chi connectivity index (χ1n) is 8.09. The highest BCUT2D eigenvalue weighted by Crippen LogP contribution is 2.27. The number of aromatic nitrogens is 2. The second-order valence-corrected chi connectivity index (χ2v) is 6.60. The minimum atomic E-state index is -1.12. The summed E-state index contributed by atoms with van der Waals surface area (Å²) in [4.78, 5) is 33.0. The highest BCUT2D eigenvalue weighted by atomic mass is 32.1. The lowest BCUT2D eigenvalue weighted by molar-refractivity contribution is 0.0582. The van der Waals surface area contributed by atoms with Crippen LogP contribution in [0.4, 0.5) is 5.13 Å². The first-order chi connectivity index (χ1) is 13.8. The van der Waals surface area contributed by atoms with Crippen LogP contribution in [0.2, 0.25) is 0 Å². The molecule has 2 aromatic carbocycles. The topological polar surface area (TPSA) is 153 Å². The summed E-state index contributed by atoms with van der Waals surface area (Å²) in [5, 5.41) is 26.1. The van der Waals surface area contributed by atoms with Gasteiger partial charge in [0.25, 0.3) is 0 Å². The fraction of sp³-hybridized carbons (Fsp3) is 0.105. The maximum atomic E-state index is 11.2. The molecule has 0 saturated heterocycles. The Balaban J connectivity index is 0.000000208. The number of nitrogen functional groups attached to an aromatic ring is 1. The molecule has 4 N–H and O–H groups in total. The molecule has 0 aliphatic heterocycles. The SMILES string of the molecule is COC(=O)c1cccc(C)c1C(=O)O.Nc1nnc(-c2ccccc2C(=O)O)s1. The van der Waals surface area contributed by atoms with Crippen molar-refractivity contribution in [2.75, 3.05) is 12.8 Å². The number of aryl methyl sites for hydroxylation is 1. The first kappa shape index (κ1) is 21.5. The molecule has 9 nitrogen and oxygen atoms in total. The van der Waals surface area contributed by atoms with Gasteiger partial charge < -0.3 is 20.7 Å². The Bertz CT molecular complexity index is 1060. The molecule has 3 aromatic rings. The van der Waals surface area contributed by atoms with Crippen molar-refractivity contribution in [1.82, 2.24) is 10.2 Å². The number of nitrogens with two attached hydrogens (primary N) is 1. The van der Waals surface area contributed by atoms with Gasteiger partial charge in [-0.15, -0.1) is 10.2 Å². The van der Waals surface area contributed by atoms with Crippen molar-refractivity contribution in [3.8, 4) is 10.6 Å². The molecule has 0 aliphatic rings. The summed E-state index contributed by atoms with van der Waals surface area (Å²) in [6.07, 6.45) is 0. The molecule has 0 fully saturated rings. The first-order valence-corrected chi connectivity index (χ1v) is 8.90. The molecule has 3 rings (SSSR count). The number of hydrogen-bond acceptors (Lipinski definition) is 8. The van der Waals surface area contributed by atoms with Crippen molar-refractivity contribution in [2.45, 2.75) is 6.92 Å². The van der Waals surface area contributed by atoms with Crippen LogP contribution in [0.15, 0.2) is 42.5 Å². The van der Waals surface area contributed by atoms with E-state index in [1.807, 2.05) is 0 Å². The number of hydrogen-bond donors (Lipinski definition) is 3. The third-order valence-electron chi connectivity index (χ3n) is 3.72. The van der Waals surface area contributed by atoms with Gasteiger partial charge in [-0.3, -0.25) is 0 Å². The zero-order valence-electron chi connectivity index (χ0n) is 15.4. The molecule has 0 amide bonds. The molecule has 150 valence electrons. The quantitative estimate of drug-likeness (QED) is 0.546. The standard InChI is InChI=1S/C10H10O4.C9H7N3O2S/c1-6-4-3-5-7(10(13)14-2)8(6)9(11)12;10-9-12-11-7(15-9)5-3-1-2-4-6(5)8(13)14/h3-5H,1-2H3,(H,11,12);1-4H,(H2,10,12)(H,13,14). The van der Waals surface area contributed by atoms with Gasteiger partial charge >= 0.3 is 17.9 Å². The summed E-state index contributed by atoms with van der Waals surface area (Å²) in [6.45, 7) is 1.63. The highest BCUT2D eigenvalue weighted by Gasteiger charge is 2.18. The summed E-state index contributed by atoms with van der Waals surface area (Å²) in [5.41, 5.74) is 6.81. The van der Waals surface area contributed by atoms with Crippen LogP contribution in [0.5, 0.6) is 0 Å². The number of carboxylic acid groups (broad SMARTS) is 2. The van der Waals surface area contributed by atoms with E-state index < -0.39 is 17.9 Å². The Morgan fingerprint density at radius 3 is 2.17 bits per heavy atom. The fourth-order valence-corrected chi connectivity index (χ4v) is 3.08. The van der Waals surface area contributed by atoms with E-state index in [1.165, 1.54) is 19.2 Å². The van der Waals surface area contributed by atoms with Gasteiger partial charge in [-0.05, 0) is 24.6 Å². The molecule has 0 spiro atoms. The Morgan fingerprint density at radius 2 is 1.62 bits per heavy atom. The third kappa shape index (κ3) is 5.14. The van der Waals surface area contributed by atoms with Gasteiger partial charge in [0.2, 0.25) is 5.13 Å². The van der Waals surface area contributed by atoms with Crippen LogP contribution in [-0.4, -0.2) is 45.4 Å². The van der Waals surface area contributed by atoms with Crippen LogP contribution in [0, 0.1) is 6.92 Å². The summed E-state index contributed by atoms with van der Waals surface area (Å²) in [5.74, 6) is -2.74. The van der Waals surface area contributed by atoms with Crippen molar-refractivity contribution in [2.24, 2.45) is 0 Å². The Hall–Kier alpha value is -3.79. The Kier molecular flexibility index (Phi) is 6.99. The molecule has 0 atom stereocenters. The largest absolute Gasteiger partial charge is 0.478 e. The molecule has 0 saturated carbocycles. The number of carbonyl (C=O) groups is 3. The molecule has 10 heteroatoms. The lowest BCUT2D eigenvalue weighted by atomic mass is 10.0. The summed E-state index contributed by atoms with van der Waals surface area (Å²) < 4.78 is 4.48. The Morgan fingerprint density at radius 1 is 0.966 bits per heavy atom. The van der Waals surface area contributed by atoms with Gasteiger partial charge in [0.05, 0.1) is 23.8 Å². The highest BCUT2D eigenvalue weighted by molar-refractivity contribution is 7.18. The maximum Gasteiger partial charge on any atom is 0.338 e. The summed E-state index contributed by atoms with van der Waals surface area (Å²) in [7, 11) is 1.22. The number of aromatic carboxylic acids is 2. The van der Waals surface area contributed by atoms with Crippen molar-refractivity contribution in [1.29, 1.82) is 0 Å².